The van der Waals surface area contributed by atoms with Gasteiger partial charge in [0.15, 0.2) is 0 Å². The third kappa shape index (κ3) is 4.63. The first-order valence-electron chi connectivity index (χ1n) is 7.81. The van der Waals surface area contributed by atoms with Gasteiger partial charge in [0.25, 0.3) is 0 Å². The fourth-order valence-electron chi connectivity index (χ4n) is 2.28. The van der Waals surface area contributed by atoms with Gasteiger partial charge in [-0.1, -0.05) is 11.2 Å². The average Bonchev–Trinajstić information content (AvgIpc) is 3.05. The molecule has 1 aromatic carbocycles. The summed E-state index contributed by atoms with van der Waals surface area (Å²) in [4.78, 5) is 16.3. The summed E-state index contributed by atoms with van der Waals surface area (Å²) in [5, 5.41) is 6.44. The number of aryl methyl sites for hydroxylation is 1. The van der Waals surface area contributed by atoms with Crippen LogP contribution in [0.4, 0.5) is 24.7 Å². The Kier molecular flexibility index (Phi) is 5.11. The molecule has 0 bridgehead atoms. The second-order valence-corrected chi connectivity index (χ2v) is 5.61. The van der Waals surface area contributed by atoms with Crippen LogP contribution in [0.1, 0.15) is 27.4 Å². The molecule has 3 rings (SSSR count). The molecule has 0 radical (unpaired) electrons. The summed E-state index contributed by atoms with van der Waals surface area (Å²) >= 11 is 0. The molecule has 0 aliphatic heterocycles. The number of carbonyl (C=O) groups is 1. The standard InChI is InChI=1S/C18H14F3N3O3/c1-11-8-14(24-27-11)10-26-17(25)15-6-3-7-22-16(15)23-13-5-2-4-12(9-13)18(19,20)21/h2-9H,10H2,1H3,(H,22,23). The molecule has 0 spiro atoms. The summed E-state index contributed by atoms with van der Waals surface area (Å²) < 4.78 is 48.6. The fraction of sp³-hybridized carbons (Fsp3) is 0.167. The highest BCUT2D eigenvalue weighted by atomic mass is 19.4. The minimum atomic E-state index is -4.47. The molecule has 0 aliphatic rings. The minimum absolute atomic E-state index is 0.0788. The SMILES string of the molecule is Cc1cc(COC(=O)c2cccnc2Nc2cccc(C(F)(F)F)c2)no1. The molecular formula is C18H14F3N3O3. The average molecular weight is 377 g/mol. The van der Waals surface area contributed by atoms with Crippen molar-refractivity contribution in [3.63, 3.8) is 0 Å². The normalized spacial score (nSPS) is 11.3. The van der Waals surface area contributed by atoms with E-state index in [-0.39, 0.29) is 23.7 Å². The van der Waals surface area contributed by atoms with Crippen molar-refractivity contribution in [2.45, 2.75) is 19.7 Å². The van der Waals surface area contributed by atoms with E-state index in [9.17, 15) is 18.0 Å². The molecule has 0 atom stereocenters. The maximum absolute atomic E-state index is 12.8. The zero-order chi connectivity index (χ0) is 19.4. The first kappa shape index (κ1) is 18.4. The smallest absolute Gasteiger partial charge is 0.416 e. The van der Waals surface area contributed by atoms with Gasteiger partial charge >= 0.3 is 12.1 Å². The van der Waals surface area contributed by atoms with Gasteiger partial charge in [-0.2, -0.15) is 13.2 Å². The number of hydrogen-bond acceptors (Lipinski definition) is 6. The van der Waals surface area contributed by atoms with Gasteiger partial charge in [-0.25, -0.2) is 9.78 Å². The molecule has 0 saturated carbocycles. The van der Waals surface area contributed by atoms with E-state index in [0.717, 1.165) is 12.1 Å². The van der Waals surface area contributed by atoms with Crippen LogP contribution in [0.5, 0.6) is 0 Å². The zero-order valence-corrected chi connectivity index (χ0v) is 14.1. The van der Waals surface area contributed by atoms with Gasteiger partial charge < -0.3 is 14.6 Å². The van der Waals surface area contributed by atoms with Gasteiger partial charge in [0.05, 0.1) is 5.56 Å². The predicted molar refractivity (Wildman–Crippen MR) is 89.3 cm³/mol. The number of nitrogens with one attached hydrogen (secondary N) is 1. The number of esters is 1. The van der Waals surface area contributed by atoms with E-state index in [1.807, 2.05) is 0 Å². The lowest BCUT2D eigenvalue weighted by Crippen LogP contribution is -2.10. The summed E-state index contributed by atoms with van der Waals surface area (Å²) in [5.74, 6) is -0.0364. The molecule has 2 aromatic heterocycles. The number of hydrogen-bond donors (Lipinski definition) is 1. The molecule has 0 amide bonds. The van der Waals surface area contributed by atoms with Crippen molar-refractivity contribution < 1.29 is 27.2 Å². The maximum Gasteiger partial charge on any atom is 0.416 e. The van der Waals surface area contributed by atoms with E-state index in [2.05, 4.69) is 15.5 Å². The van der Waals surface area contributed by atoms with Crippen LogP contribution >= 0.6 is 0 Å². The van der Waals surface area contributed by atoms with E-state index in [4.69, 9.17) is 9.26 Å². The topological polar surface area (TPSA) is 77.2 Å². The number of anilines is 2. The molecule has 0 unspecified atom stereocenters. The number of halogens is 3. The first-order valence-corrected chi connectivity index (χ1v) is 7.81. The molecule has 2 heterocycles. The van der Waals surface area contributed by atoms with Crippen LogP contribution in [0.15, 0.2) is 53.2 Å². The summed E-state index contributed by atoms with van der Waals surface area (Å²) in [6.07, 6.45) is -3.06. The van der Waals surface area contributed by atoms with E-state index in [0.29, 0.717) is 11.5 Å². The zero-order valence-electron chi connectivity index (χ0n) is 14.1. The van der Waals surface area contributed by atoms with E-state index >= 15 is 0 Å². The molecule has 27 heavy (non-hydrogen) atoms. The van der Waals surface area contributed by atoms with Crippen molar-refractivity contribution in [1.29, 1.82) is 0 Å². The third-order valence-electron chi connectivity index (χ3n) is 3.51. The van der Waals surface area contributed by atoms with Gasteiger partial charge in [-0.15, -0.1) is 0 Å². The Bertz CT molecular complexity index is 954. The van der Waals surface area contributed by atoms with Crippen molar-refractivity contribution in [2.75, 3.05) is 5.32 Å². The van der Waals surface area contributed by atoms with E-state index < -0.39 is 17.7 Å². The fourth-order valence-corrected chi connectivity index (χ4v) is 2.28. The van der Waals surface area contributed by atoms with Crippen molar-refractivity contribution in [3.05, 3.63) is 71.2 Å². The Balaban J connectivity index is 1.76. The van der Waals surface area contributed by atoms with Crippen molar-refractivity contribution in [1.82, 2.24) is 10.1 Å². The summed E-state index contributed by atoms with van der Waals surface area (Å²) in [6, 6.07) is 9.20. The van der Waals surface area contributed by atoms with Crippen molar-refractivity contribution in [2.24, 2.45) is 0 Å². The highest BCUT2D eigenvalue weighted by Crippen LogP contribution is 2.31. The van der Waals surface area contributed by atoms with Crippen LogP contribution in [0.2, 0.25) is 0 Å². The van der Waals surface area contributed by atoms with E-state index in [1.54, 1.807) is 13.0 Å². The predicted octanol–water partition coefficient (Wildman–Crippen LogP) is 4.50. The molecule has 3 aromatic rings. The Hall–Kier alpha value is -3.36. The monoisotopic (exact) mass is 377 g/mol. The Morgan fingerprint density at radius 3 is 2.74 bits per heavy atom. The maximum atomic E-state index is 12.8. The summed E-state index contributed by atoms with van der Waals surface area (Å²) in [7, 11) is 0. The number of alkyl halides is 3. The Morgan fingerprint density at radius 1 is 1.22 bits per heavy atom. The van der Waals surface area contributed by atoms with Crippen LogP contribution in [-0.2, 0) is 17.5 Å². The Labute approximate surface area is 152 Å². The van der Waals surface area contributed by atoms with Crippen molar-refractivity contribution >= 4 is 17.5 Å². The molecule has 140 valence electrons. The highest BCUT2D eigenvalue weighted by Gasteiger charge is 2.30. The number of carbonyl (C=O) groups excluding carboxylic acids is 1. The molecule has 0 aliphatic carbocycles. The lowest BCUT2D eigenvalue weighted by molar-refractivity contribution is -0.137. The number of aromatic nitrogens is 2. The van der Waals surface area contributed by atoms with Crippen molar-refractivity contribution in [3.8, 4) is 0 Å². The largest absolute Gasteiger partial charge is 0.455 e. The van der Waals surface area contributed by atoms with Crippen LogP contribution in [-0.4, -0.2) is 16.1 Å². The Morgan fingerprint density at radius 2 is 2.04 bits per heavy atom. The van der Waals surface area contributed by atoms with Crippen LogP contribution < -0.4 is 5.32 Å². The van der Waals surface area contributed by atoms with Gasteiger partial charge in [0.1, 0.15) is 29.4 Å². The second kappa shape index (κ2) is 7.48. The van der Waals surface area contributed by atoms with Gasteiger partial charge in [-0.05, 0) is 37.3 Å². The number of rotatable bonds is 5. The molecule has 0 saturated heterocycles. The molecule has 9 heteroatoms. The molecular weight excluding hydrogens is 363 g/mol. The lowest BCUT2D eigenvalue weighted by atomic mass is 10.2. The molecule has 6 nitrogen and oxygen atoms in total. The summed E-state index contributed by atoms with van der Waals surface area (Å²) in [5.41, 5.74) is -0.147. The summed E-state index contributed by atoms with van der Waals surface area (Å²) in [6.45, 7) is 1.60. The third-order valence-corrected chi connectivity index (χ3v) is 3.51. The second-order valence-electron chi connectivity index (χ2n) is 5.61. The minimum Gasteiger partial charge on any atom is -0.455 e. The van der Waals surface area contributed by atoms with Crippen LogP contribution in [0.25, 0.3) is 0 Å². The van der Waals surface area contributed by atoms with Gasteiger partial charge in [0, 0.05) is 18.0 Å². The lowest BCUT2D eigenvalue weighted by Gasteiger charge is -2.12. The number of nitrogens with zero attached hydrogens (tertiary/aromatic N) is 2. The number of pyridine rings is 1. The number of benzene rings is 1. The highest BCUT2D eigenvalue weighted by molar-refractivity contribution is 5.95. The van der Waals surface area contributed by atoms with Gasteiger partial charge in [0.2, 0.25) is 0 Å². The van der Waals surface area contributed by atoms with E-state index in [1.165, 1.54) is 30.5 Å². The van der Waals surface area contributed by atoms with Crippen LogP contribution in [0.3, 0.4) is 0 Å². The van der Waals surface area contributed by atoms with Crippen LogP contribution in [0, 0.1) is 6.92 Å². The van der Waals surface area contributed by atoms with Gasteiger partial charge in [-0.3, -0.25) is 0 Å². The molecule has 0 fully saturated rings. The first-order chi connectivity index (χ1) is 12.8. The molecule has 1 N–H and O–H groups in total. The number of ether oxygens (including phenoxy) is 1. The quantitative estimate of drug-likeness (QED) is 0.660.